The highest BCUT2D eigenvalue weighted by Crippen LogP contribution is 2.23. The molecular formula is C20H32N2O3. The number of hydrogen-bond donors (Lipinski definition) is 1. The Morgan fingerprint density at radius 1 is 1.24 bits per heavy atom. The summed E-state index contributed by atoms with van der Waals surface area (Å²) in [5, 5.41) is 3.16. The first-order valence-corrected chi connectivity index (χ1v) is 9.06. The highest BCUT2D eigenvalue weighted by molar-refractivity contribution is 5.96. The van der Waals surface area contributed by atoms with Gasteiger partial charge in [-0.05, 0) is 57.3 Å². The van der Waals surface area contributed by atoms with E-state index in [9.17, 15) is 9.59 Å². The van der Waals surface area contributed by atoms with Gasteiger partial charge in [0.15, 0.2) is 0 Å². The van der Waals surface area contributed by atoms with Gasteiger partial charge in [0, 0.05) is 12.6 Å². The monoisotopic (exact) mass is 348 g/mol. The van der Waals surface area contributed by atoms with Crippen molar-refractivity contribution in [2.24, 2.45) is 0 Å². The fourth-order valence-corrected chi connectivity index (χ4v) is 3.06. The Balaban J connectivity index is 0.000000550. The van der Waals surface area contributed by atoms with Crippen LogP contribution in [0.25, 0.3) is 0 Å². The molecule has 25 heavy (non-hydrogen) atoms. The Morgan fingerprint density at radius 2 is 1.84 bits per heavy atom. The number of para-hydroxylation sites is 1. The van der Waals surface area contributed by atoms with Crippen LogP contribution in [0.5, 0.6) is 0 Å². The zero-order valence-electron chi connectivity index (χ0n) is 16.2. The largest absolute Gasteiger partial charge is 0.469 e. The van der Waals surface area contributed by atoms with E-state index >= 15 is 0 Å². The van der Waals surface area contributed by atoms with Crippen LogP contribution in [0.3, 0.4) is 0 Å². The fraction of sp³-hybridized carbons (Fsp3) is 0.600. The third kappa shape index (κ3) is 6.86. The van der Waals surface area contributed by atoms with E-state index in [0.717, 1.165) is 49.2 Å². The van der Waals surface area contributed by atoms with E-state index in [1.165, 1.54) is 20.5 Å². The second kappa shape index (κ2) is 10.9. The molecule has 0 saturated carbocycles. The lowest BCUT2D eigenvalue weighted by molar-refractivity contribution is -0.138. The standard InChI is InChI=1S/C17H26N2O.C3H6O2/c1-4-11-19-12-6-5-10-15(19)17(20)18-16-13(2)8-7-9-14(16)3;1-3(4)5-2/h7-9,15H,4-6,10-12H2,1-3H3,(H,18,20);1-2H3. The lowest BCUT2D eigenvalue weighted by Crippen LogP contribution is -2.47. The van der Waals surface area contributed by atoms with Crippen molar-refractivity contribution in [3.8, 4) is 0 Å². The highest BCUT2D eigenvalue weighted by atomic mass is 16.5. The van der Waals surface area contributed by atoms with Crippen molar-refractivity contribution in [3.05, 3.63) is 29.3 Å². The molecule has 1 aliphatic rings. The molecule has 0 bridgehead atoms. The molecule has 1 aromatic rings. The normalized spacial score (nSPS) is 17.2. The molecule has 0 spiro atoms. The summed E-state index contributed by atoms with van der Waals surface area (Å²) in [7, 11) is 1.35. The molecule has 0 aromatic heterocycles. The molecule has 1 atom stereocenters. The number of likely N-dealkylation sites (tertiary alicyclic amines) is 1. The van der Waals surface area contributed by atoms with Gasteiger partial charge in [0.1, 0.15) is 0 Å². The Labute approximate surface area is 151 Å². The zero-order chi connectivity index (χ0) is 18.8. The number of aryl methyl sites for hydroxylation is 2. The number of nitrogens with zero attached hydrogens (tertiary/aromatic N) is 1. The number of piperidine rings is 1. The number of nitrogens with one attached hydrogen (secondary N) is 1. The summed E-state index contributed by atoms with van der Waals surface area (Å²) in [5.41, 5.74) is 3.26. The maximum absolute atomic E-state index is 12.6. The summed E-state index contributed by atoms with van der Waals surface area (Å²) in [6.07, 6.45) is 4.46. The van der Waals surface area contributed by atoms with Gasteiger partial charge in [-0.15, -0.1) is 0 Å². The van der Waals surface area contributed by atoms with Crippen molar-refractivity contribution in [2.75, 3.05) is 25.5 Å². The van der Waals surface area contributed by atoms with Gasteiger partial charge in [-0.25, -0.2) is 0 Å². The van der Waals surface area contributed by atoms with Gasteiger partial charge >= 0.3 is 5.97 Å². The topological polar surface area (TPSA) is 58.6 Å². The Kier molecular flexibility index (Phi) is 9.21. The summed E-state index contributed by atoms with van der Waals surface area (Å²) >= 11 is 0. The molecule has 1 amide bonds. The number of ether oxygens (including phenoxy) is 1. The number of carbonyl (C=O) groups excluding carboxylic acids is 2. The third-order valence-corrected chi connectivity index (χ3v) is 4.44. The molecule has 5 heteroatoms. The first-order chi connectivity index (χ1) is 11.9. The predicted octanol–water partition coefficient (Wildman–Crippen LogP) is 3.69. The molecule has 1 fully saturated rings. The van der Waals surface area contributed by atoms with Crippen LogP contribution in [0.15, 0.2) is 18.2 Å². The first-order valence-electron chi connectivity index (χ1n) is 9.06. The number of esters is 1. The molecule has 1 aliphatic heterocycles. The number of amides is 1. The fourth-order valence-electron chi connectivity index (χ4n) is 3.06. The van der Waals surface area contributed by atoms with Gasteiger partial charge in [0.25, 0.3) is 0 Å². The Morgan fingerprint density at radius 3 is 2.36 bits per heavy atom. The van der Waals surface area contributed by atoms with Crippen molar-refractivity contribution in [1.29, 1.82) is 0 Å². The summed E-state index contributed by atoms with van der Waals surface area (Å²) in [5.74, 6) is -0.0828. The molecule has 0 radical (unpaired) electrons. The van der Waals surface area contributed by atoms with Crippen LogP contribution in [0.1, 0.15) is 50.7 Å². The van der Waals surface area contributed by atoms with Gasteiger partial charge < -0.3 is 10.1 Å². The zero-order valence-corrected chi connectivity index (χ0v) is 16.2. The number of methoxy groups -OCH3 is 1. The third-order valence-electron chi connectivity index (χ3n) is 4.44. The molecule has 1 unspecified atom stereocenters. The van der Waals surface area contributed by atoms with Crippen LogP contribution in [0.2, 0.25) is 0 Å². The number of hydrogen-bond acceptors (Lipinski definition) is 4. The minimum Gasteiger partial charge on any atom is -0.469 e. The number of anilines is 1. The maximum Gasteiger partial charge on any atom is 0.302 e. The molecule has 1 heterocycles. The van der Waals surface area contributed by atoms with E-state index in [0.29, 0.717) is 0 Å². The van der Waals surface area contributed by atoms with Crippen LogP contribution in [0, 0.1) is 13.8 Å². The number of benzene rings is 1. The first kappa shape index (κ1) is 21.2. The van der Waals surface area contributed by atoms with Gasteiger partial charge in [-0.2, -0.15) is 0 Å². The van der Waals surface area contributed by atoms with E-state index in [1.54, 1.807) is 0 Å². The average molecular weight is 348 g/mol. The smallest absolute Gasteiger partial charge is 0.302 e. The molecule has 140 valence electrons. The van der Waals surface area contributed by atoms with Crippen LogP contribution >= 0.6 is 0 Å². The number of rotatable bonds is 4. The van der Waals surface area contributed by atoms with E-state index in [4.69, 9.17) is 0 Å². The summed E-state index contributed by atoms with van der Waals surface area (Å²) in [4.78, 5) is 24.5. The van der Waals surface area contributed by atoms with Crippen molar-refractivity contribution in [3.63, 3.8) is 0 Å². The predicted molar refractivity (Wildman–Crippen MR) is 102 cm³/mol. The lowest BCUT2D eigenvalue weighted by atomic mass is 10.0. The molecule has 1 saturated heterocycles. The van der Waals surface area contributed by atoms with Crippen molar-refractivity contribution in [2.45, 2.75) is 59.4 Å². The van der Waals surface area contributed by atoms with E-state index in [1.807, 2.05) is 32.0 Å². The van der Waals surface area contributed by atoms with Crippen LogP contribution in [0.4, 0.5) is 5.69 Å². The average Bonchev–Trinajstić information content (AvgIpc) is 2.59. The van der Waals surface area contributed by atoms with Crippen LogP contribution in [-0.4, -0.2) is 43.0 Å². The van der Waals surface area contributed by atoms with Crippen LogP contribution in [-0.2, 0) is 14.3 Å². The van der Waals surface area contributed by atoms with Gasteiger partial charge in [-0.3, -0.25) is 14.5 Å². The molecule has 0 aliphatic carbocycles. The van der Waals surface area contributed by atoms with Crippen molar-refractivity contribution in [1.82, 2.24) is 4.90 Å². The minimum absolute atomic E-state index is 0.0442. The summed E-state index contributed by atoms with van der Waals surface area (Å²) < 4.78 is 4.11. The molecule has 2 rings (SSSR count). The second-order valence-corrected chi connectivity index (χ2v) is 6.50. The second-order valence-electron chi connectivity index (χ2n) is 6.50. The van der Waals surface area contributed by atoms with Crippen molar-refractivity contribution < 1.29 is 14.3 Å². The molecule has 1 N–H and O–H groups in total. The Hall–Kier alpha value is -1.88. The molecule has 1 aromatic carbocycles. The van der Waals surface area contributed by atoms with E-state index in [2.05, 4.69) is 21.9 Å². The molecular weight excluding hydrogens is 316 g/mol. The lowest BCUT2D eigenvalue weighted by Gasteiger charge is -2.34. The molecule has 5 nitrogen and oxygen atoms in total. The maximum atomic E-state index is 12.6. The number of carbonyl (C=O) groups is 2. The van der Waals surface area contributed by atoms with E-state index < -0.39 is 0 Å². The highest BCUT2D eigenvalue weighted by Gasteiger charge is 2.28. The SMILES string of the molecule is CCCN1CCCCC1C(=O)Nc1c(C)cccc1C.COC(C)=O. The minimum atomic E-state index is -0.245. The quantitative estimate of drug-likeness (QED) is 0.843. The summed E-state index contributed by atoms with van der Waals surface area (Å²) in [6.45, 7) is 9.71. The van der Waals surface area contributed by atoms with Crippen LogP contribution < -0.4 is 5.32 Å². The van der Waals surface area contributed by atoms with E-state index in [-0.39, 0.29) is 17.9 Å². The van der Waals surface area contributed by atoms with Gasteiger partial charge in [0.05, 0.1) is 13.2 Å². The van der Waals surface area contributed by atoms with Gasteiger partial charge in [0.2, 0.25) is 5.91 Å². The van der Waals surface area contributed by atoms with Crippen molar-refractivity contribution >= 4 is 17.6 Å². The van der Waals surface area contributed by atoms with Gasteiger partial charge in [-0.1, -0.05) is 31.5 Å². The summed E-state index contributed by atoms with van der Waals surface area (Å²) in [6, 6.07) is 6.17. The Bertz CT molecular complexity index is 550.